The van der Waals surface area contributed by atoms with Gasteiger partial charge in [-0.1, -0.05) is 0 Å². The number of nitrogens with one attached hydrogen (secondary N) is 1. The minimum Gasteiger partial charge on any atom is -0.389 e. The molecular weight excluding hydrogens is 234 g/mol. The first-order valence-corrected chi connectivity index (χ1v) is 4.83. The Morgan fingerprint density at radius 2 is 2.31 bits per heavy atom. The lowest BCUT2D eigenvalue weighted by atomic mass is 10.1. The van der Waals surface area contributed by atoms with Crippen molar-refractivity contribution in [2.24, 2.45) is 7.05 Å². The van der Waals surface area contributed by atoms with E-state index in [1.54, 1.807) is 24.7 Å². The predicted molar refractivity (Wildman–Crippen MR) is 55.7 cm³/mol. The molecule has 0 radical (unpaired) electrons. The highest BCUT2D eigenvalue weighted by molar-refractivity contribution is 9.10. The Bertz CT molecular complexity index is 290. The maximum atomic E-state index is 9.47. The van der Waals surface area contributed by atoms with Gasteiger partial charge in [-0.25, -0.2) is 0 Å². The third-order valence-corrected chi connectivity index (χ3v) is 2.52. The molecule has 13 heavy (non-hydrogen) atoms. The number of rotatable bonds is 3. The Balaban J connectivity index is 2.60. The van der Waals surface area contributed by atoms with Gasteiger partial charge in [-0.2, -0.15) is 5.10 Å². The van der Waals surface area contributed by atoms with Gasteiger partial charge in [-0.3, -0.25) is 4.68 Å². The first-order valence-electron chi connectivity index (χ1n) is 4.04. The molecular formula is C8H14BrN3O. The Labute approximate surface area is 86.1 Å². The maximum absolute atomic E-state index is 9.47. The van der Waals surface area contributed by atoms with Gasteiger partial charge in [0.15, 0.2) is 0 Å². The molecule has 2 N–H and O–H groups in total. The number of nitrogens with zero attached hydrogens (tertiary/aromatic N) is 2. The second kappa shape index (κ2) is 3.67. The largest absolute Gasteiger partial charge is 0.389 e. The van der Waals surface area contributed by atoms with Crippen molar-refractivity contribution in [3.63, 3.8) is 0 Å². The first kappa shape index (κ1) is 10.5. The molecule has 0 aromatic carbocycles. The maximum Gasteiger partial charge on any atom is 0.126 e. The van der Waals surface area contributed by atoms with Gasteiger partial charge in [0.25, 0.3) is 0 Å². The molecule has 0 spiro atoms. The van der Waals surface area contributed by atoms with Crippen LogP contribution in [0.4, 0.5) is 5.69 Å². The molecule has 0 amide bonds. The summed E-state index contributed by atoms with van der Waals surface area (Å²) < 4.78 is 2.60. The zero-order chi connectivity index (χ0) is 10.1. The van der Waals surface area contributed by atoms with Crippen LogP contribution in [0.25, 0.3) is 0 Å². The predicted octanol–water partition coefficient (Wildman–Crippen LogP) is 1.37. The fourth-order valence-corrected chi connectivity index (χ4v) is 1.19. The quantitative estimate of drug-likeness (QED) is 0.849. The van der Waals surface area contributed by atoms with Gasteiger partial charge in [0, 0.05) is 13.6 Å². The highest BCUT2D eigenvalue weighted by Gasteiger charge is 2.13. The Kier molecular flexibility index (Phi) is 2.98. The summed E-state index contributed by atoms with van der Waals surface area (Å²) in [5, 5.41) is 16.6. The molecule has 0 saturated heterocycles. The van der Waals surface area contributed by atoms with Crippen LogP contribution in [0.1, 0.15) is 13.8 Å². The van der Waals surface area contributed by atoms with Crippen LogP contribution in [0.5, 0.6) is 0 Å². The van der Waals surface area contributed by atoms with Crippen molar-refractivity contribution in [1.82, 2.24) is 9.78 Å². The number of aliphatic hydroxyl groups is 1. The van der Waals surface area contributed by atoms with Crippen LogP contribution in [0, 0.1) is 0 Å². The van der Waals surface area contributed by atoms with E-state index in [2.05, 4.69) is 26.3 Å². The number of hydrogen-bond donors (Lipinski definition) is 2. The van der Waals surface area contributed by atoms with Gasteiger partial charge in [0.1, 0.15) is 4.60 Å². The normalized spacial score (nSPS) is 11.8. The topological polar surface area (TPSA) is 50.1 Å². The van der Waals surface area contributed by atoms with Crippen LogP contribution in [0.3, 0.4) is 0 Å². The van der Waals surface area contributed by atoms with Crippen LogP contribution in [-0.2, 0) is 7.05 Å². The van der Waals surface area contributed by atoms with Gasteiger partial charge in [-0.05, 0) is 29.8 Å². The fourth-order valence-electron chi connectivity index (χ4n) is 0.853. The summed E-state index contributed by atoms with van der Waals surface area (Å²) in [6.07, 6.45) is 1.72. The summed E-state index contributed by atoms with van der Waals surface area (Å²) in [6, 6.07) is 0. The van der Waals surface area contributed by atoms with Crippen LogP contribution >= 0.6 is 15.9 Å². The van der Waals surface area contributed by atoms with Crippen LogP contribution in [-0.4, -0.2) is 27.0 Å². The molecule has 0 unspecified atom stereocenters. The van der Waals surface area contributed by atoms with Gasteiger partial charge in [0.05, 0.1) is 17.5 Å². The number of aromatic nitrogens is 2. The minimum atomic E-state index is -0.713. The van der Waals surface area contributed by atoms with Crippen LogP contribution < -0.4 is 5.32 Å². The van der Waals surface area contributed by atoms with E-state index in [1.165, 1.54) is 0 Å². The van der Waals surface area contributed by atoms with Crippen molar-refractivity contribution in [1.29, 1.82) is 0 Å². The van der Waals surface area contributed by atoms with Crippen molar-refractivity contribution in [3.8, 4) is 0 Å². The molecule has 0 aliphatic heterocycles. The van der Waals surface area contributed by atoms with E-state index in [0.717, 1.165) is 10.3 Å². The van der Waals surface area contributed by atoms with Gasteiger partial charge < -0.3 is 10.4 Å². The van der Waals surface area contributed by atoms with E-state index in [9.17, 15) is 5.11 Å². The average Bonchev–Trinajstić information content (AvgIpc) is 2.29. The molecule has 1 heterocycles. The Hall–Kier alpha value is -0.550. The van der Waals surface area contributed by atoms with Crippen LogP contribution in [0.2, 0.25) is 0 Å². The van der Waals surface area contributed by atoms with Crippen molar-refractivity contribution in [3.05, 3.63) is 10.8 Å². The molecule has 1 aromatic heterocycles. The third kappa shape index (κ3) is 3.00. The third-order valence-electron chi connectivity index (χ3n) is 1.58. The molecule has 1 aromatic rings. The SMILES string of the molecule is Cn1ncc(NCC(C)(C)O)c1Br. The van der Waals surface area contributed by atoms with E-state index in [1.807, 2.05) is 7.05 Å². The molecule has 74 valence electrons. The monoisotopic (exact) mass is 247 g/mol. The molecule has 4 nitrogen and oxygen atoms in total. The summed E-state index contributed by atoms with van der Waals surface area (Å²) in [5.74, 6) is 0. The van der Waals surface area contributed by atoms with Crippen LogP contribution in [0.15, 0.2) is 10.8 Å². The zero-order valence-electron chi connectivity index (χ0n) is 8.00. The van der Waals surface area contributed by atoms with Crippen molar-refractivity contribution in [2.45, 2.75) is 19.4 Å². The lowest BCUT2D eigenvalue weighted by Crippen LogP contribution is -2.29. The molecule has 0 aliphatic rings. The molecule has 5 heteroatoms. The van der Waals surface area contributed by atoms with E-state index in [4.69, 9.17) is 0 Å². The van der Waals surface area contributed by atoms with Crippen molar-refractivity contribution >= 4 is 21.6 Å². The molecule has 0 aliphatic carbocycles. The fraction of sp³-hybridized carbons (Fsp3) is 0.625. The smallest absolute Gasteiger partial charge is 0.126 e. The Morgan fingerprint density at radius 3 is 2.69 bits per heavy atom. The van der Waals surface area contributed by atoms with Gasteiger partial charge >= 0.3 is 0 Å². The second-order valence-corrected chi connectivity index (χ2v) is 4.39. The molecule has 1 rings (SSSR count). The zero-order valence-corrected chi connectivity index (χ0v) is 9.59. The summed E-state index contributed by atoms with van der Waals surface area (Å²) >= 11 is 3.37. The summed E-state index contributed by atoms with van der Waals surface area (Å²) in [4.78, 5) is 0. The first-order chi connectivity index (χ1) is 5.90. The highest BCUT2D eigenvalue weighted by atomic mass is 79.9. The molecule has 0 atom stereocenters. The summed E-state index contributed by atoms with van der Waals surface area (Å²) in [7, 11) is 1.85. The molecule has 0 fully saturated rings. The van der Waals surface area contributed by atoms with E-state index in [-0.39, 0.29) is 0 Å². The lowest BCUT2D eigenvalue weighted by molar-refractivity contribution is 0.0945. The molecule has 0 saturated carbocycles. The number of hydrogen-bond acceptors (Lipinski definition) is 3. The highest BCUT2D eigenvalue weighted by Crippen LogP contribution is 2.20. The summed E-state index contributed by atoms with van der Waals surface area (Å²) in [5.41, 5.74) is 0.180. The van der Waals surface area contributed by atoms with Crippen molar-refractivity contribution in [2.75, 3.05) is 11.9 Å². The minimum absolute atomic E-state index is 0.497. The lowest BCUT2D eigenvalue weighted by Gasteiger charge is -2.17. The average molecular weight is 248 g/mol. The standard InChI is InChI=1S/C8H14BrN3O/c1-8(2,13)5-10-6-4-11-12(3)7(6)9/h4,10,13H,5H2,1-3H3. The number of anilines is 1. The summed E-state index contributed by atoms with van der Waals surface area (Å²) in [6.45, 7) is 4.01. The van der Waals surface area contributed by atoms with Gasteiger partial charge in [0.2, 0.25) is 0 Å². The number of halogens is 1. The van der Waals surface area contributed by atoms with Crippen molar-refractivity contribution < 1.29 is 5.11 Å². The van der Waals surface area contributed by atoms with E-state index >= 15 is 0 Å². The van der Waals surface area contributed by atoms with E-state index in [0.29, 0.717) is 6.54 Å². The Morgan fingerprint density at radius 1 is 1.69 bits per heavy atom. The molecule has 0 bridgehead atoms. The number of aryl methyl sites for hydroxylation is 1. The second-order valence-electron chi connectivity index (χ2n) is 3.64. The van der Waals surface area contributed by atoms with Gasteiger partial charge in [-0.15, -0.1) is 0 Å². The van der Waals surface area contributed by atoms with E-state index < -0.39 is 5.60 Å².